The highest BCUT2D eigenvalue weighted by Crippen LogP contribution is 2.29. The predicted molar refractivity (Wildman–Crippen MR) is 93.9 cm³/mol. The summed E-state index contributed by atoms with van der Waals surface area (Å²) in [6.45, 7) is 4.07. The van der Waals surface area contributed by atoms with Crippen LogP contribution in [0.5, 0.6) is 0 Å². The maximum absolute atomic E-state index is 12.8. The first-order valence-corrected chi connectivity index (χ1v) is 8.24. The highest BCUT2D eigenvalue weighted by molar-refractivity contribution is 7.04. The molecule has 22 heavy (non-hydrogen) atoms. The van der Waals surface area contributed by atoms with Crippen LogP contribution in [0.2, 0.25) is 5.02 Å². The summed E-state index contributed by atoms with van der Waals surface area (Å²) in [5, 5.41) is 2.60. The Bertz CT molecular complexity index is 849. The second kappa shape index (κ2) is 5.75. The Morgan fingerprint density at radius 3 is 2.45 bits per heavy atom. The lowest BCUT2D eigenvalue weighted by molar-refractivity contribution is 0.460. The maximum Gasteiger partial charge on any atom is 0.269 e. The van der Waals surface area contributed by atoms with Crippen molar-refractivity contribution in [2.45, 2.75) is 19.4 Å². The molecule has 0 saturated carbocycles. The number of benzene rings is 2. The van der Waals surface area contributed by atoms with Crippen molar-refractivity contribution in [1.82, 2.24) is 3.96 Å². The van der Waals surface area contributed by atoms with Gasteiger partial charge in [0, 0.05) is 10.4 Å². The predicted octanol–water partition coefficient (Wildman–Crippen LogP) is 5.01. The molecule has 2 nitrogen and oxygen atoms in total. The van der Waals surface area contributed by atoms with E-state index in [-0.39, 0.29) is 5.56 Å². The van der Waals surface area contributed by atoms with Gasteiger partial charge in [0.15, 0.2) is 0 Å². The summed E-state index contributed by atoms with van der Waals surface area (Å²) in [7, 11) is 0. The van der Waals surface area contributed by atoms with E-state index < -0.39 is 5.54 Å². The minimum atomic E-state index is -0.445. The molecule has 0 aliphatic heterocycles. The Morgan fingerprint density at radius 1 is 1.05 bits per heavy atom. The Morgan fingerprint density at radius 2 is 1.77 bits per heavy atom. The van der Waals surface area contributed by atoms with Gasteiger partial charge in [-0.15, -0.1) is 0 Å². The van der Waals surface area contributed by atoms with Crippen LogP contribution < -0.4 is 5.56 Å². The van der Waals surface area contributed by atoms with Crippen molar-refractivity contribution in [3.05, 3.63) is 80.9 Å². The minimum absolute atomic E-state index is 0.0289. The summed E-state index contributed by atoms with van der Waals surface area (Å²) in [6.07, 6.45) is 0. The van der Waals surface area contributed by atoms with Crippen molar-refractivity contribution in [3.63, 3.8) is 0 Å². The number of nitrogens with zero attached hydrogens (tertiary/aromatic N) is 1. The number of halogens is 1. The number of aromatic nitrogens is 1. The van der Waals surface area contributed by atoms with Gasteiger partial charge < -0.3 is 0 Å². The van der Waals surface area contributed by atoms with E-state index in [9.17, 15) is 4.79 Å². The van der Waals surface area contributed by atoms with E-state index in [0.29, 0.717) is 5.02 Å². The van der Waals surface area contributed by atoms with Crippen LogP contribution in [0.3, 0.4) is 0 Å². The molecule has 0 radical (unpaired) electrons. The molecule has 0 N–H and O–H groups in total. The Kier molecular flexibility index (Phi) is 3.94. The summed E-state index contributed by atoms with van der Waals surface area (Å²) in [5.74, 6) is 0. The summed E-state index contributed by atoms with van der Waals surface area (Å²) in [6, 6.07) is 17.4. The van der Waals surface area contributed by atoms with Gasteiger partial charge >= 0.3 is 0 Å². The molecule has 0 atom stereocenters. The Balaban J connectivity index is 2.10. The molecule has 0 aliphatic rings. The van der Waals surface area contributed by atoms with Gasteiger partial charge in [-0.25, -0.2) is 0 Å². The molecule has 112 valence electrons. The van der Waals surface area contributed by atoms with Crippen LogP contribution in [0.15, 0.2) is 64.8 Å². The molecule has 0 aliphatic carbocycles. The normalized spacial score (nSPS) is 11.6. The van der Waals surface area contributed by atoms with E-state index in [1.807, 2.05) is 73.8 Å². The van der Waals surface area contributed by atoms with Crippen molar-refractivity contribution in [3.8, 4) is 11.1 Å². The molecule has 3 aromatic rings. The lowest BCUT2D eigenvalue weighted by Crippen LogP contribution is -2.33. The van der Waals surface area contributed by atoms with E-state index in [1.165, 1.54) is 11.5 Å². The van der Waals surface area contributed by atoms with Gasteiger partial charge in [0.1, 0.15) is 0 Å². The quantitative estimate of drug-likeness (QED) is 0.661. The number of hydrogen-bond donors (Lipinski definition) is 0. The zero-order chi connectivity index (χ0) is 15.7. The smallest absolute Gasteiger partial charge is 0.268 e. The molecular formula is C18H16ClNOS. The third kappa shape index (κ3) is 2.62. The van der Waals surface area contributed by atoms with Crippen molar-refractivity contribution in [2.75, 3.05) is 0 Å². The highest BCUT2D eigenvalue weighted by Gasteiger charge is 2.27. The van der Waals surface area contributed by atoms with Crippen molar-refractivity contribution in [2.24, 2.45) is 0 Å². The van der Waals surface area contributed by atoms with Crippen LogP contribution in [0.4, 0.5) is 0 Å². The van der Waals surface area contributed by atoms with Gasteiger partial charge in [-0.05, 0) is 37.1 Å². The molecule has 0 bridgehead atoms. The summed E-state index contributed by atoms with van der Waals surface area (Å²) < 4.78 is 1.81. The van der Waals surface area contributed by atoms with Crippen LogP contribution in [0, 0.1) is 0 Å². The number of hydrogen-bond acceptors (Lipinski definition) is 2. The molecule has 1 heterocycles. The fourth-order valence-corrected chi connectivity index (χ4v) is 3.70. The van der Waals surface area contributed by atoms with Crippen molar-refractivity contribution in [1.29, 1.82) is 0 Å². The van der Waals surface area contributed by atoms with Crippen LogP contribution in [0.25, 0.3) is 11.1 Å². The fraction of sp³-hybridized carbons (Fsp3) is 0.167. The van der Waals surface area contributed by atoms with Crippen LogP contribution in [0.1, 0.15) is 19.4 Å². The average molecular weight is 330 g/mol. The Labute approximate surface area is 138 Å². The van der Waals surface area contributed by atoms with Gasteiger partial charge in [-0.2, -0.15) is 0 Å². The molecule has 0 saturated heterocycles. The standard InChI is InChI=1S/C18H16ClNOS/c1-18(2,14-9-6-10-15(19)11-14)20-17(21)16(12-22-20)13-7-4-3-5-8-13/h3-12H,1-2H3. The third-order valence-electron chi connectivity index (χ3n) is 3.81. The highest BCUT2D eigenvalue weighted by atomic mass is 35.5. The summed E-state index contributed by atoms with van der Waals surface area (Å²) in [5.41, 5.74) is 2.29. The van der Waals surface area contributed by atoms with Crippen molar-refractivity contribution >= 4 is 23.1 Å². The molecule has 4 heteroatoms. The molecule has 3 rings (SSSR count). The van der Waals surface area contributed by atoms with Crippen LogP contribution in [-0.4, -0.2) is 3.96 Å². The van der Waals surface area contributed by atoms with Gasteiger partial charge in [0.25, 0.3) is 5.56 Å². The van der Waals surface area contributed by atoms with Crippen LogP contribution in [-0.2, 0) is 5.54 Å². The molecular weight excluding hydrogens is 314 g/mol. The van der Waals surface area contributed by atoms with Crippen LogP contribution >= 0.6 is 23.1 Å². The average Bonchev–Trinajstić information content (AvgIpc) is 2.90. The molecule has 0 unspecified atom stereocenters. The Hall–Kier alpha value is -1.84. The van der Waals surface area contributed by atoms with E-state index >= 15 is 0 Å². The topological polar surface area (TPSA) is 22.0 Å². The third-order valence-corrected chi connectivity index (χ3v) is 5.22. The molecule has 0 amide bonds. The molecule has 0 spiro atoms. The fourth-order valence-electron chi connectivity index (χ4n) is 2.49. The van der Waals surface area contributed by atoms with E-state index in [4.69, 9.17) is 11.6 Å². The monoisotopic (exact) mass is 329 g/mol. The number of rotatable bonds is 3. The largest absolute Gasteiger partial charge is 0.269 e. The lowest BCUT2D eigenvalue weighted by atomic mass is 9.95. The first-order chi connectivity index (χ1) is 10.5. The van der Waals surface area contributed by atoms with Gasteiger partial charge in [0.05, 0.1) is 11.1 Å². The minimum Gasteiger partial charge on any atom is -0.268 e. The van der Waals surface area contributed by atoms with E-state index in [1.54, 1.807) is 3.96 Å². The zero-order valence-corrected chi connectivity index (χ0v) is 14.0. The molecule has 1 aromatic heterocycles. The maximum atomic E-state index is 12.8. The molecule has 0 fully saturated rings. The first-order valence-electron chi connectivity index (χ1n) is 7.03. The van der Waals surface area contributed by atoms with Gasteiger partial charge in [0.2, 0.25) is 0 Å². The lowest BCUT2D eigenvalue weighted by Gasteiger charge is -2.25. The summed E-state index contributed by atoms with van der Waals surface area (Å²) in [4.78, 5) is 12.8. The first kappa shape index (κ1) is 15.1. The van der Waals surface area contributed by atoms with Gasteiger partial charge in [-0.1, -0.05) is 65.6 Å². The SMILES string of the molecule is CC(C)(c1cccc(Cl)c1)n1scc(-c2ccccc2)c1=O. The van der Waals surface area contributed by atoms with E-state index in [2.05, 4.69) is 0 Å². The second-order valence-corrected chi connectivity index (χ2v) is 6.92. The van der Waals surface area contributed by atoms with E-state index in [0.717, 1.165) is 16.7 Å². The summed E-state index contributed by atoms with van der Waals surface area (Å²) >= 11 is 7.53. The second-order valence-electron chi connectivity index (χ2n) is 5.67. The van der Waals surface area contributed by atoms with Crippen molar-refractivity contribution < 1.29 is 0 Å². The zero-order valence-electron chi connectivity index (χ0n) is 12.4. The molecule has 2 aromatic carbocycles. The van der Waals surface area contributed by atoms with Gasteiger partial charge in [-0.3, -0.25) is 8.75 Å².